The largest absolute Gasteiger partial charge is 0.459 e. The first kappa shape index (κ1) is 17.0. The Labute approximate surface area is 163 Å². The molecule has 2 aromatic heterocycles. The molecule has 0 spiro atoms. The van der Waals surface area contributed by atoms with E-state index in [1.165, 1.54) is 19.1 Å². The van der Waals surface area contributed by atoms with Gasteiger partial charge in [0.25, 0.3) is 5.91 Å². The summed E-state index contributed by atoms with van der Waals surface area (Å²) < 4.78 is 5.31. The lowest BCUT2D eigenvalue weighted by Gasteiger charge is -2.31. The first-order chi connectivity index (χ1) is 13.8. The molecule has 0 atom stereocenters. The monoisotopic (exact) mass is 374 g/mol. The van der Waals surface area contributed by atoms with Crippen molar-refractivity contribution in [1.82, 2.24) is 14.9 Å². The molecule has 28 heavy (non-hydrogen) atoms. The van der Waals surface area contributed by atoms with Crippen LogP contribution < -0.4 is 4.90 Å². The first-order valence-corrected chi connectivity index (χ1v) is 9.82. The summed E-state index contributed by atoms with van der Waals surface area (Å²) in [4.78, 5) is 26.8. The maximum Gasteiger partial charge on any atom is 0.289 e. The molecule has 0 N–H and O–H groups in total. The van der Waals surface area contributed by atoms with Gasteiger partial charge in [0.15, 0.2) is 11.6 Å². The Balaban J connectivity index is 1.54. The smallest absolute Gasteiger partial charge is 0.289 e. The molecule has 2 aliphatic heterocycles. The number of hydrogen-bond acceptors (Lipinski definition) is 5. The number of rotatable bonds is 3. The summed E-state index contributed by atoms with van der Waals surface area (Å²) in [6.07, 6.45) is 4.62. The zero-order valence-electron chi connectivity index (χ0n) is 15.7. The van der Waals surface area contributed by atoms with E-state index in [1.807, 2.05) is 35.2 Å². The predicted octanol–water partition coefficient (Wildman–Crippen LogP) is 3.54. The van der Waals surface area contributed by atoms with Crippen molar-refractivity contribution in [2.45, 2.75) is 25.8 Å². The van der Waals surface area contributed by atoms with Gasteiger partial charge in [-0.3, -0.25) is 4.79 Å². The van der Waals surface area contributed by atoms with Crippen LogP contribution in [0.5, 0.6) is 0 Å². The summed E-state index contributed by atoms with van der Waals surface area (Å²) >= 11 is 0. The van der Waals surface area contributed by atoms with Gasteiger partial charge in [0.2, 0.25) is 0 Å². The first-order valence-electron chi connectivity index (χ1n) is 9.82. The Kier molecular flexibility index (Phi) is 4.31. The van der Waals surface area contributed by atoms with Gasteiger partial charge >= 0.3 is 0 Å². The number of carbonyl (C=O) groups is 1. The summed E-state index contributed by atoms with van der Waals surface area (Å²) in [5, 5.41) is 0. The van der Waals surface area contributed by atoms with Gasteiger partial charge in [-0.25, -0.2) is 9.97 Å². The van der Waals surface area contributed by atoms with Crippen LogP contribution in [0, 0.1) is 0 Å². The Morgan fingerprint density at radius 2 is 1.79 bits per heavy atom. The Morgan fingerprint density at radius 1 is 0.964 bits per heavy atom. The van der Waals surface area contributed by atoms with Crippen LogP contribution in [0.4, 0.5) is 5.82 Å². The van der Waals surface area contributed by atoms with Crippen molar-refractivity contribution in [3.8, 4) is 11.4 Å². The van der Waals surface area contributed by atoms with E-state index in [2.05, 4.69) is 4.90 Å². The molecule has 142 valence electrons. The van der Waals surface area contributed by atoms with E-state index in [4.69, 9.17) is 14.4 Å². The van der Waals surface area contributed by atoms with Crippen molar-refractivity contribution in [2.24, 2.45) is 0 Å². The molecule has 6 heteroatoms. The van der Waals surface area contributed by atoms with E-state index in [-0.39, 0.29) is 5.91 Å². The number of nitrogens with zero attached hydrogens (tertiary/aromatic N) is 4. The van der Waals surface area contributed by atoms with Gasteiger partial charge in [-0.1, -0.05) is 30.3 Å². The second kappa shape index (κ2) is 7.11. The summed E-state index contributed by atoms with van der Waals surface area (Å²) in [5.74, 6) is 2.06. The van der Waals surface area contributed by atoms with Crippen LogP contribution >= 0.6 is 0 Å². The number of anilines is 1. The predicted molar refractivity (Wildman–Crippen MR) is 106 cm³/mol. The number of furan rings is 1. The van der Waals surface area contributed by atoms with Gasteiger partial charge in [-0.05, 0) is 25.0 Å². The average Bonchev–Trinajstić information content (AvgIpc) is 3.47. The highest BCUT2D eigenvalue weighted by molar-refractivity contribution is 5.91. The van der Waals surface area contributed by atoms with E-state index in [0.29, 0.717) is 18.8 Å². The van der Waals surface area contributed by atoms with Gasteiger partial charge < -0.3 is 14.2 Å². The van der Waals surface area contributed by atoms with Gasteiger partial charge in [-0.15, -0.1) is 0 Å². The summed E-state index contributed by atoms with van der Waals surface area (Å²) in [6, 6.07) is 13.6. The number of carbonyl (C=O) groups excluding carboxylic acids is 1. The molecule has 0 radical (unpaired) electrons. The number of amides is 1. The van der Waals surface area contributed by atoms with Gasteiger partial charge in [-0.2, -0.15) is 0 Å². The molecule has 0 bridgehead atoms. The molecule has 1 saturated heterocycles. The third-order valence-electron chi connectivity index (χ3n) is 5.50. The maximum absolute atomic E-state index is 12.8. The number of aromatic nitrogens is 2. The highest BCUT2D eigenvalue weighted by Crippen LogP contribution is 2.32. The second-order valence-corrected chi connectivity index (χ2v) is 7.31. The molecule has 3 aromatic rings. The minimum Gasteiger partial charge on any atom is -0.459 e. The third kappa shape index (κ3) is 3.05. The van der Waals surface area contributed by atoms with Crippen molar-refractivity contribution in [1.29, 1.82) is 0 Å². The number of fused-ring (bicyclic) bond motifs is 1. The van der Waals surface area contributed by atoms with E-state index in [1.54, 1.807) is 12.1 Å². The van der Waals surface area contributed by atoms with Crippen LogP contribution in [0.1, 0.15) is 34.7 Å². The lowest BCUT2D eigenvalue weighted by molar-refractivity contribution is 0.0701. The van der Waals surface area contributed by atoms with E-state index in [9.17, 15) is 4.79 Å². The molecule has 1 amide bonds. The van der Waals surface area contributed by atoms with E-state index < -0.39 is 0 Å². The Morgan fingerprint density at radius 3 is 2.54 bits per heavy atom. The zero-order chi connectivity index (χ0) is 18.9. The maximum atomic E-state index is 12.8. The van der Waals surface area contributed by atoms with Crippen molar-refractivity contribution in [2.75, 3.05) is 24.5 Å². The molecule has 0 saturated carbocycles. The SMILES string of the molecule is O=C(c1ccco1)N1CCc2nc(-c3ccccc3)nc(N3CCCC3)c2C1. The molecular weight excluding hydrogens is 352 g/mol. The minimum atomic E-state index is -0.0739. The van der Waals surface area contributed by atoms with Crippen LogP contribution in [0.25, 0.3) is 11.4 Å². The molecule has 1 fully saturated rings. The molecule has 1 aromatic carbocycles. The Bertz CT molecular complexity index is 979. The molecule has 2 aliphatic rings. The fourth-order valence-electron chi connectivity index (χ4n) is 4.03. The fraction of sp³-hybridized carbons (Fsp3) is 0.318. The fourth-order valence-corrected chi connectivity index (χ4v) is 4.03. The third-order valence-corrected chi connectivity index (χ3v) is 5.50. The van der Waals surface area contributed by atoms with Crippen LogP contribution in [0.3, 0.4) is 0 Å². The van der Waals surface area contributed by atoms with E-state index >= 15 is 0 Å². The molecule has 4 heterocycles. The molecule has 0 aliphatic carbocycles. The van der Waals surface area contributed by atoms with Gasteiger partial charge in [0.05, 0.1) is 18.5 Å². The zero-order valence-corrected chi connectivity index (χ0v) is 15.7. The summed E-state index contributed by atoms with van der Waals surface area (Å²) in [6.45, 7) is 3.17. The minimum absolute atomic E-state index is 0.0739. The topological polar surface area (TPSA) is 62.5 Å². The molecular formula is C22H22N4O2. The summed E-state index contributed by atoms with van der Waals surface area (Å²) in [7, 11) is 0. The van der Waals surface area contributed by atoms with Crippen LogP contribution in [-0.4, -0.2) is 40.4 Å². The normalized spacial score (nSPS) is 16.3. The van der Waals surface area contributed by atoms with Crippen LogP contribution in [0.2, 0.25) is 0 Å². The average molecular weight is 374 g/mol. The van der Waals surface area contributed by atoms with Gasteiger partial charge in [0, 0.05) is 37.2 Å². The van der Waals surface area contributed by atoms with Gasteiger partial charge in [0.1, 0.15) is 5.82 Å². The number of hydrogen-bond donors (Lipinski definition) is 0. The quantitative estimate of drug-likeness (QED) is 0.702. The second-order valence-electron chi connectivity index (χ2n) is 7.31. The van der Waals surface area contributed by atoms with Crippen LogP contribution in [0.15, 0.2) is 53.1 Å². The van der Waals surface area contributed by atoms with Crippen LogP contribution in [-0.2, 0) is 13.0 Å². The Hall–Kier alpha value is -3.15. The standard InChI is InChI=1S/C22H22N4O2/c27-22(19-9-6-14-28-19)26-13-10-18-17(15-26)21(25-11-4-5-12-25)24-20(23-18)16-7-2-1-3-8-16/h1-3,6-9,14H,4-5,10-13,15H2. The lowest BCUT2D eigenvalue weighted by atomic mass is 10.0. The lowest BCUT2D eigenvalue weighted by Crippen LogP contribution is -2.37. The van der Waals surface area contributed by atoms with Crippen molar-refractivity contribution >= 4 is 11.7 Å². The summed E-state index contributed by atoms with van der Waals surface area (Å²) in [5.41, 5.74) is 3.16. The van der Waals surface area contributed by atoms with E-state index in [0.717, 1.165) is 48.0 Å². The highest BCUT2D eigenvalue weighted by Gasteiger charge is 2.30. The van der Waals surface area contributed by atoms with Crippen molar-refractivity contribution in [3.05, 3.63) is 65.7 Å². The molecule has 5 rings (SSSR count). The highest BCUT2D eigenvalue weighted by atomic mass is 16.3. The van der Waals surface area contributed by atoms with Crippen molar-refractivity contribution < 1.29 is 9.21 Å². The molecule has 6 nitrogen and oxygen atoms in total. The number of benzene rings is 1. The van der Waals surface area contributed by atoms with Crippen molar-refractivity contribution in [3.63, 3.8) is 0 Å². The molecule has 0 unspecified atom stereocenters.